The Kier molecular flexibility index (Phi) is 6.80. The quantitative estimate of drug-likeness (QED) is 0.739. The van der Waals surface area contributed by atoms with Crippen LogP contribution in [0.4, 0.5) is 11.4 Å². The van der Waals surface area contributed by atoms with E-state index in [1.807, 2.05) is 32.0 Å². The molecule has 0 radical (unpaired) electrons. The molecule has 2 aliphatic heterocycles. The zero-order chi connectivity index (χ0) is 22.7. The minimum absolute atomic E-state index is 0.160. The maximum absolute atomic E-state index is 13.2. The maximum Gasteiger partial charge on any atom is 0.255 e. The Morgan fingerprint density at radius 2 is 1.56 bits per heavy atom. The lowest BCUT2D eigenvalue weighted by Gasteiger charge is -2.31. The summed E-state index contributed by atoms with van der Waals surface area (Å²) >= 11 is 0. The molecule has 2 aromatic rings. The Morgan fingerprint density at radius 1 is 0.906 bits per heavy atom. The summed E-state index contributed by atoms with van der Waals surface area (Å²) < 4.78 is 38.6. The van der Waals surface area contributed by atoms with Gasteiger partial charge in [-0.2, -0.15) is 4.31 Å². The van der Waals surface area contributed by atoms with Crippen LogP contribution in [0.25, 0.3) is 0 Å². The third-order valence-electron chi connectivity index (χ3n) is 5.81. The van der Waals surface area contributed by atoms with Crippen LogP contribution in [0.5, 0.6) is 0 Å². The Labute approximate surface area is 189 Å². The van der Waals surface area contributed by atoms with Gasteiger partial charge in [-0.3, -0.25) is 4.79 Å². The van der Waals surface area contributed by atoms with E-state index < -0.39 is 10.0 Å². The lowest BCUT2D eigenvalue weighted by molar-refractivity contribution is 0.0730. The fourth-order valence-corrected chi connectivity index (χ4v) is 5.40. The molecule has 0 aliphatic carbocycles. The van der Waals surface area contributed by atoms with E-state index in [9.17, 15) is 13.2 Å². The smallest absolute Gasteiger partial charge is 0.255 e. The molecule has 1 N–H and O–H groups in total. The van der Waals surface area contributed by atoms with Crippen molar-refractivity contribution in [1.82, 2.24) is 4.31 Å². The summed E-state index contributed by atoms with van der Waals surface area (Å²) in [6.07, 6.45) is 0. The number of sulfonamides is 1. The van der Waals surface area contributed by atoms with Gasteiger partial charge in [0.05, 0.1) is 42.7 Å². The van der Waals surface area contributed by atoms with E-state index in [0.29, 0.717) is 63.9 Å². The molecule has 2 aliphatic rings. The predicted molar refractivity (Wildman–Crippen MR) is 123 cm³/mol. The van der Waals surface area contributed by atoms with E-state index in [-0.39, 0.29) is 10.8 Å². The number of carbonyl (C=O) groups excluding carboxylic acids is 1. The van der Waals surface area contributed by atoms with Gasteiger partial charge in [0.1, 0.15) is 0 Å². The first-order valence-corrected chi connectivity index (χ1v) is 12.2. The molecule has 0 aromatic heterocycles. The van der Waals surface area contributed by atoms with Gasteiger partial charge in [-0.05, 0) is 43.7 Å². The zero-order valence-electron chi connectivity index (χ0n) is 18.5. The van der Waals surface area contributed by atoms with Crippen molar-refractivity contribution in [2.75, 3.05) is 62.8 Å². The summed E-state index contributed by atoms with van der Waals surface area (Å²) in [4.78, 5) is 15.4. The van der Waals surface area contributed by atoms with Crippen molar-refractivity contribution < 1.29 is 22.7 Å². The minimum Gasteiger partial charge on any atom is -0.379 e. The van der Waals surface area contributed by atoms with Crippen molar-refractivity contribution in [3.63, 3.8) is 0 Å². The molecule has 2 fully saturated rings. The van der Waals surface area contributed by atoms with Crippen LogP contribution in [0.2, 0.25) is 0 Å². The second-order valence-electron chi connectivity index (χ2n) is 8.07. The molecule has 32 heavy (non-hydrogen) atoms. The molecule has 1 amide bonds. The van der Waals surface area contributed by atoms with Gasteiger partial charge in [0.25, 0.3) is 5.91 Å². The van der Waals surface area contributed by atoms with Crippen LogP contribution in [0.1, 0.15) is 21.5 Å². The Bertz CT molecular complexity index is 1090. The van der Waals surface area contributed by atoms with E-state index in [1.54, 1.807) is 18.2 Å². The Hall–Kier alpha value is -2.46. The molecule has 0 spiro atoms. The highest BCUT2D eigenvalue weighted by Gasteiger charge is 2.28. The highest BCUT2D eigenvalue weighted by molar-refractivity contribution is 7.89. The first-order chi connectivity index (χ1) is 15.4. The SMILES string of the molecule is Cc1ccc(C)c(C(=O)Nc2cc(S(=O)(=O)N3CCOCC3)ccc2N2CCOCC2)c1. The molecule has 8 nitrogen and oxygen atoms in total. The van der Waals surface area contributed by atoms with Gasteiger partial charge in [0.2, 0.25) is 10.0 Å². The first kappa shape index (κ1) is 22.7. The summed E-state index contributed by atoms with van der Waals surface area (Å²) in [5, 5.41) is 2.98. The van der Waals surface area contributed by atoms with Gasteiger partial charge < -0.3 is 19.7 Å². The molecule has 4 rings (SSSR count). The second-order valence-corrected chi connectivity index (χ2v) is 10.0. The highest BCUT2D eigenvalue weighted by atomic mass is 32.2. The van der Waals surface area contributed by atoms with E-state index in [2.05, 4.69) is 10.2 Å². The van der Waals surface area contributed by atoms with Crippen LogP contribution in [-0.2, 0) is 19.5 Å². The number of aryl methyl sites for hydroxylation is 2. The maximum atomic E-state index is 13.2. The van der Waals surface area contributed by atoms with Crippen molar-refractivity contribution >= 4 is 27.3 Å². The number of benzene rings is 2. The van der Waals surface area contributed by atoms with Gasteiger partial charge in [-0.25, -0.2) is 8.42 Å². The molecule has 2 aromatic carbocycles. The number of nitrogens with zero attached hydrogens (tertiary/aromatic N) is 2. The zero-order valence-corrected chi connectivity index (χ0v) is 19.3. The van der Waals surface area contributed by atoms with Crippen LogP contribution >= 0.6 is 0 Å². The summed E-state index contributed by atoms with van der Waals surface area (Å²) in [6, 6.07) is 10.7. The van der Waals surface area contributed by atoms with Crippen LogP contribution in [0.15, 0.2) is 41.3 Å². The molecule has 9 heteroatoms. The van der Waals surface area contributed by atoms with Gasteiger partial charge >= 0.3 is 0 Å². The highest BCUT2D eigenvalue weighted by Crippen LogP contribution is 2.31. The number of nitrogens with one attached hydrogen (secondary N) is 1. The normalized spacial score (nSPS) is 17.9. The molecule has 172 valence electrons. The molecule has 0 unspecified atom stereocenters. The third-order valence-corrected chi connectivity index (χ3v) is 7.71. The van der Waals surface area contributed by atoms with Crippen molar-refractivity contribution in [3.05, 3.63) is 53.1 Å². The van der Waals surface area contributed by atoms with Gasteiger partial charge in [-0.15, -0.1) is 0 Å². The topological polar surface area (TPSA) is 88.2 Å². The van der Waals surface area contributed by atoms with E-state index in [1.165, 1.54) is 4.31 Å². The lowest BCUT2D eigenvalue weighted by Crippen LogP contribution is -2.40. The fourth-order valence-electron chi connectivity index (χ4n) is 3.96. The van der Waals surface area contributed by atoms with Crippen molar-refractivity contribution in [3.8, 4) is 0 Å². The average Bonchev–Trinajstić information content (AvgIpc) is 2.81. The van der Waals surface area contributed by atoms with Crippen LogP contribution < -0.4 is 10.2 Å². The molecule has 0 bridgehead atoms. The van der Waals surface area contributed by atoms with Crippen LogP contribution in [0, 0.1) is 13.8 Å². The number of hydrogen-bond acceptors (Lipinski definition) is 6. The number of carbonyl (C=O) groups is 1. The minimum atomic E-state index is -3.69. The van der Waals surface area contributed by atoms with Gasteiger partial charge in [0.15, 0.2) is 0 Å². The number of morpholine rings is 2. The third kappa shape index (κ3) is 4.80. The first-order valence-electron chi connectivity index (χ1n) is 10.8. The van der Waals surface area contributed by atoms with Crippen molar-refractivity contribution in [2.24, 2.45) is 0 Å². The predicted octanol–water partition coefficient (Wildman–Crippen LogP) is 2.41. The number of rotatable bonds is 5. The number of amides is 1. The standard InChI is InChI=1S/C23H29N3O5S/c1-17-3-4-18(2)20(15-17)23(27)24-21-16-19(32(28,29)26-9-13-31-14-10-26)5-6-22(21)25-7-11-30-12-8-25/h3-6,15-16H,7-14H2,1-2H3,(H,24,27). The summed E-state index contributed by atoms with van der Waals surface area (Å²) in [5.74, 6) is -0.262. The van der Waals surface area contributed by atoms with E-state index >= 15 is 0 Å². The van der Waals surface area contributed by atoms with E-state index in [4.69, 9.17) is 9.47 Å². The molecule has 2 saturated heterocycles. The summed E-state index contributed by atoms with van der Waals surface area (Å²) in [7, 11) is -3.69. The average molecular weight is 460 g/mol. The number of ether oxygens (including phenoxy) is 2. The van der Waals surface area contributed by atoms with E-state index in [0.717, 1.165) is 16.8 Å². The Morgan fingerprint density at radius 3 is 2.25 bits per heavy atom. The van der Waals surface area contributed by atoms with Gasteiger partial charge in [0, 0.05) is 31.7 Å². The largest absolute Gasteiger partial charge is 0.379 e. The molecule has 0 atom stereocenters. The van der Waals surface area contributed by atoms with Crippen molar-refractivity contribution in [2.45, 2.75) is 18.7 Å². The lowest BCUT2D eigenvalue weighted by atomic mass is 10.0. The fraction of sp³-hybridized carbons (Fsp3) is 0.435. The number of anilines is 2. The molecular formula is C23H29N3O5S. The molecule has 0 saturated carbocycles. The number of hydrogen-bond donors (Lipinski definition) is 1. The Balaban J connectivity index is 1.70. The molecule has 2 heterocycles. The second kappa shape index (κ2) is 9.58. The van der Waals surface area contributed by atoms with Crippen LogP contribution in [0.3, 0.4) is 0 Å². The molecular weight excluding hydrogens is 430 g/mol. The summed E-state index contributed by atoms with van der Waals surface area (Å²) in [6.45, 7) is 7.71. The summed E-state index contributed by atoms with van der Waals surface area (Å²) in [5.41, 5.74) is 3.68. The van der Waals surface area contributed by atoms with Gasteiger partial charge in [-0.1, -0.05) is 17.7 Å². The monoisotopic (exact) mass is 459 g/mol. The van der Waals surface area contributed by atoms with Crippen LogP contribution in [-0.4, -0.2) is 71.2 Å². The van der Waals surface area contributed by atoms with Crippen molar-refractivity contribution in [1.29, 1.82) is 0 Å².